The molecule has 2 aromatic rings. The largest absolute Gasteiger partial charge is 0.448 e. The molecule has 9 heteroatoms. The van der Waals surface area contributed by atoms with Crippen LogP contribution in [0.2, 0.25) is 0 Å². The Balaban J connectivity index is 0.000000424. The van der Waals surface area contributed by atoms with Crippen molar-refractivity contribution < 1.29 is 33.5 Å². The second-order valence-electron chi connectivity index (χ2n) is 9.12. The van der Waals surface area contributed by atoms with Gasteiger partial charge in [-0.2, -0.15) is 5.06 Å². The van der Waals surface area contributed by atoms with E-state index in [1.807, 2.05) is 60.7 Å². The van der Waals surface area contributed by atoms with Gasteiger partial charge in [0, 0.05) is 13.3 Å². The van der Waals surface area contributed by atoms with Crippen molar-refractivity contribution in [1.82, 2.24) is 10.4 Å². The van der Waals surface area contributed by atoms with E-state index in [0.717, 1.165) is 5.06 Å². The van der Waals surface area contributed by atoms with E-state index in [2.05, 4.69) is 29.6 Å². The van der Waals surface area contributed by atoms with Gasteiger partial charge in [0.15, 0.2) is 6.10 Å². The molecule has 0 spiro atoms. The molecular weight excluding hydrogens is 488 g/mol. The highest BCUT2D eigenvalue weighted by Crippen LogP contribution is 2.37. The van der Waals surface area contributed by atoms with Gasteiger partial charge in [-0.05, 0) is 21.6 Å². The normalized spacial score (nSPS) is 20.9. The topological polar surface area (TPSA) is 111 Å². The molecule has 2 amide bonds. The van der Waals surface area contributed by atoms with Gasteiger partial charge in [-0.3, -0.25) is 19.2 Å². The Bertz CT molecular complexity index is 1370. The van der Waals surface area contributed by atoms with Crippen molar-refractivity contribution in [2.24, 2.45) is 0 Å². The Morgan fingerprint density at radius 1 is 0.921 bits per heavy atom. The van der Waals surface area contributed by atoms with Gasteiger partial charge in [0.2, 0.25) is 5.91 Å². The van der Waals surface area contributed by atoms with Crippen LogP contribution in [-0.4, -0.2) is 47.2 Å². The number of hydroxylamine groups is 2. The van der Waals surface area contributed by atoms with E-state index in [4.69, 9.17) is 14.3 Å². The minimum atomic E-state index is -2.07. The summed E-state index contributed by atoms with van der Waals surface area (Å²) in [5.74, 6) is -2.71. The predicted octanol–water partition coefficient (Wildman–Crippen LogP) is 2.92. The highest BCUT2D eigenvalue weighted by molar-refractivity contribution is 5.94. The van der Waals surface area contributed by atoms with Crippen LogP contribution in [-0.2, 0) is 33.5 Å². The predicted molar refractivity (Wildman–Crippen MR) is 133 cm³/mol. The van der Waals surface area contributed by atoms with Gasteiger partial charge in [-0.1, -0.05) is 84.9 Å². The summed E-state index contributed by atoms with van der Waals surface area (Å²) >= 11 is 0. The van der Waals surface area contributed by atoms with Gasteiger partial charge in [-0.25, -0.2) is 4.79 Å². The summed E-state index contributed by atoms with van der Waals surface area (Å²) in [6, 6.07) is 25.7. The molecule has 1 N–H and O–H groups in total. The Morgan fingerprint density at radius 3 is 1.89 bits per heavy atom. The fourth-order valence-electron chi connectivity index (χ4n) is 4.43. The van der Waals surface area contributed by atoms with Gasteiger partial charge >= 0.3 is 17.7 Å². The molecule has 0 radical (unpaired) electrons. The number of ether oxygens (including phenoxy) is 2. The van der Waals surface area contributed by atoms with Crippen LogP contribution in [0.5, 0.6) is 0 Å². The fourth-order valence-corrected chi connectivity index (χ4v) is 4.43. The molecule has 6 rings (SSSR count). The first-order valence-electron chi connectivity index (χ1n) is 12.2. The van der Waals surface area contributed by atoms with E-state index < -0.39 is 41.6 Å². The Labute approximate surface area is 218 Å². The van der Waals surface area contributed by atoms with Crippen LogP contribution in [0.3, 0.4) is 0 Å². The van der Waals surface area contributed by atoms with Crippen LogP contribution in [0, 0.1) is 10.4 Å². The molecule has 2 atom stereocenters. The first-order chi connectivity index (χ1) is 18.4. The van der Waals surface area contributed by atoms with E-state index >= 15 is 0 Å². The lowest BCUT2D eigenvalue weighted by molar-refractivity contribution is -0.260. The van der Waals surface area contributed by atoms with E-state index in [-0.39, 0.29) is 19.4 Å². The lowest BCUT2D eigenvalue weighted by Gasteiger charge is -2.34. The molecule has 9 nitrogen and oxygen atoms in total. The maximum atomic E-state index is 13.5. The number of nitrogens with zero attached hydrogens (tertiary/aromatic N) is 1. The molecule has 2 aromatic carbocycles. The zero-order valence-electron chi connectivity index (χ0n) is 20.7. The number of esters is 2. The van der Waals surface area contributed by atoms with Crippen molar-refractivity contribution in [3.8, 4) is 0 Å². The second kappa shape index (κ2) is 10.5. The number of amides is 2. The molecule has 2 saturated heterocycles. The number of nitrogens with one attached hydrogen (secondary N) is 1. The number of carbonyl (C=O) groups excluding carboxylic acids is 4. The smallest absolute Gasteiger partial charge is 0.376 e. The summed E-state index contributed by atoms with van der Waals surface area (Å²) in [6.07, 6.45) is -1.02. The van der Waals surface area contributed by atoms with Crippen molar-refractivity contribution in [2.45, 2.75) is 37.6 Å². The zero-order valence-corrected chi connectivity index (χ0v) is 20.7. The van der Waals surface area contributed by atoms with Crippen LogP contribution in [0.25, 0.3) is 0 Å². The summed E-state index contributed by atoms with van der Waals surface area (Å²) in [4.78, 5) is 55.1. The van der Waals surface area contributed by atoms with Gasteiger partial charge in [0.1, 0.15) is 12.6 Å². The zero-order chi connectivity index (χ0) is 26.7. The van der Waals surface area contributed by atoms with Gasteiger partial charge in [0.25, 0.3) is 5.91 Å². The molecule has 2 aliphatic heterocycles. The van der Waals surface area contributed by atoms with Crippen LogP contribution in [0.1, 0.15) is 37.0 Å². The van der Waals surface area contributed by atoms with E-state index in [9.17, 15) is 19.2 Å². The average Bonchev–Trinajstić information content (AvgIpc) is 3.48. The molecule has 38 heavy (non-hydrogen) atoms. The van der Waals surface area contributed by atoms with Crippen LogP contribution < -0.4 is 5.32 Å². The fraction of sp³-hybridized carbons (Fsp3) is 0.241. The number of cyclic esters (lactones) is 1. The molecule has 2 fully saturated rings. The monoisotopic (exact) mass is 514 g/mol. The molecule has 194 valence electrons. The number of hydrogen-bond donors (Lipinski definition) is 1. The Kier molecular flexibility index (Phi) is 6.93. The standard InChI is InChI=1S/C23H22N2O7.C6H4/c1-15(26)24-18-14-30-25(21(18)28)23(13-12-19(27)32-23)22(29)31-20(16-8-4-2-5-9-16)17-10-6-3-7-11-17;1-2-6-4-3-5(1)6/h2-11,18,20H,12-14H2,1H3,(H,24,26);1-4H. The van der Waals surface area contributed by atoms with Crippen LogP contribution in [0.4, 0.5) is 0 Å². The number of carbonyl (C=O) groups is 4. The van der Waals surface area contributed by atoms with E-state index in [1.165, 1.54) is 17.4 Å². The summed E-state index contributed by atoms with van der Waals surface area (Å²) in [6.45, 7) is 1.08. The number of rotatable bonds is 6. The number of hydrogen-bond acceptors (Lipinski definition) is 7. The third-order valence-electron chi connectivity index (χ3n) is 6.49. The molecule has 2 aliphatic carbocycles. The van der Waals surface area contributed by atoms with Gasteiger partial charge in [-0.15, -0.1) is 0 Å². The van der Waals surface area contributed by atoms with Crippen molar-refractivity contribution in [1.29, 1.82) is 0 Å². The quantitative estimate of drug-likeness (QED) is 0.394. The minimum absolute atomic E-state index is 0.0889. The molecule has 2 unspecified atom stereocenters. The third-order valence-corrected chi connectivity index (χ3v) is 6.49. The summed E-state index contributed by atoms with van der Waals surface area (Å²) in [5.41, 5.74) is -0.656. The molecule has 2 heterocycles. The first-order valence-corrected chi connectivity index (χ1v) is 12.2. The highest BCUT2D eigenvalue weighted by atomic mass is 16.8. The first kappa shape index (κ1) is 25.2. The lowest BCUT2D eigenvalue weighted by Crippen LogP contribution is -2.57. The van der Waals surface area contributed by atoms with Gasteiger partial charge in [0.05, 0.1) is 6.42 Å². The maximum Gasteiger partial charge on any atom is 0.376 e. The van der Waals surface area contributed by atoms with Crippen molar-refractivity contribution in [2.75, 3.05) is 6.61 Å². The van der Waals surface area contributed by atoms with Crippen LogP contribution >= 0.6 is 0 Å². The van der Waals surface area contributed by atoms with Crippen molar-refractivity contribution in [3.63, 3.8) is 0 Å². The summed E-state index contributed by atoms with van der Waals surface area (Å²) < 4.78 is 11.2. The van der Waals surface area contributed by atoms with Crippen molar-refractivity contribution in [3.05, 3.63) is 106 Å². The van der Waals surface area contributed by atoms with E-state index in [0.29, 0.717) is 11.1 Å². The van der Waals surface area contributed by atoms with Crippen LogP contribution in [0.15, 0.2) is 84.9 Å². The molecular formula is C29H26N2O7. The second-order valence-corrected chi connectivity index (χ2v) is 9.12. The molecule has 4 aliphatic rings. The molecule has 0 bridgehead atoms. The van der Waals surface area contributed by atoms with E-state index in [1.54, 1.807) is 0 Å². The third kappa shape index (κ3) is 4.88. The van der Waals surface area contributed by atoms with Crippen molar-refractivity contribution >= 4 is 23.8 Å². The summed E-state index contributed by atoms with van der Waals surface area (Å²) in [7, 11) is 0. The Morgan fingerprint density at radius 2 is 1.47 bits per heavy atom. The van der Waals surface area contributed by atoms with Gasteiger partial charge < -0.3 is 14.8 Å². The average molecular weight is 515 g/mol. The molecule has 0 aromatic heterocycles. The number of benzene rings is 3. The maximum absolute atomic E-state index is 13.5. The molecule has 0 saturated carbocycles. The SMILES string of the molecule is CC(=O)NC1CON(C2(C(=O)OC(c3ccccc3)c3ccccc3)CCC(=O)O2)C1=O.c1cc2ccc1=2. The summed E-state index contributed by atoms with van der Waals surface area (Å²) in [5, 5.41) is 6.04. The lowest BCUT2D eigenvalue weighted by atomic mass is 10.0. The Hall–Kier alpha value is -4.50. The minimum Gasteiger partial charge on any atom is -0.448 e. The highest BCUT2D eigenvalue weighted by Gasteiger charge is 2.60.